The number of para-hydroxylation sites is 3. The average Bonchev–Trinajstić information content (AvgIpc) is 2.86. The second-order valence-corrected chi connectivity index (χ2v) is 14.7. The Morgan fingerprint density at radius 1 is 0.350 bits per heavy atom. The highest BCUT2D eigenvalue weighted by Crippen LogP contribution is 2.44. The molecule has 40 heavy (non-hydrogen) atoms. The molecule has 0 atom stereocenters. The molecule has 0 aliphatic heterocycles. The number of hydrogen-bond acceptors (Lipinski definition) is 3. The summed E-state index contributed by atoms with van der Waals surface area (Å²) in [5.41, 5.74) is 4.05. The molecular weight excluding hydrogens is 505 g/mol. The van der Waals surface area contributed by atoms with Crippen LogP contribution in [0.3, 0.4) is 0 Å². The monoisotopic (exact) mass is 559 g/mol. The van der Waals surface area contributed by atoms with E-state index in [0.29, 0.717) is 36.3 Å². The maximum atomic E-state index is 2.60. The van der Waals surface area contributed by atoms with Crippen molar-refractivity contribution in [1.29, 1.82) is 0 Å². The Hall–Kier alpha value is -2.51. The van der Waals surface area contributed by atoms with E-state index in [9.17, 15) is 0 Å². The molecule has 4 heteroatoms. The first-order valence-electron chi connectivity index (χ1n) is 15.3. The van der Waals surface area contributed by atoms with Gasteiger partial charge >= 0.3 is 0 Å². The molecule has 218 valence electrons. The Morgan fingerprint density at radius 3 is 0.750 bits per heavy atom. The quantitative estimate of drug-likeness (QED) is 0.207. The lowest BCUT2D eigenvalue weighted by atomic mass is 10.1. The third-order valence-electron chi connectivity index (χ3n) is 7.54. The van der Waals surface area contributed by atoms with Gasteiger partial charge in [-0.1, -0.05) is 54.6 Å². The minimum absolute atomic E-state index is 0.397. The van der Waals surface area contributed by atoms with Crippen molar-refractivity contribution < 1.29 is 0 Å². The molecule has 3 aromatic rings. The van der Waals surface area contributed by atoms with E-state index in [-0.39, 0.29) is 0 Å². The molecule has 0 saturated heterocycles. The zero-order valence-electron chi connectivity index (χ0n) is 27.2. The fourth-order valence-electron chi connectivity index (χ4n) is 6.46. The van der Waals surface area contributed by atoms with Gasteiger partial charge in [0.25, 0.3) is 0 Å². The van der Waals surface area contributed by atoms with E-state index < -0.39 is 7.92 Å². The summed E-state index contributed by atoms with van der Waals surface area (Å²) in [6.07, 6.45) is 0. The second-order valence-electron chi connectivity index (χ2n) is 12.6. The normalized spacial score (nSPS) is 12.1. The van der Waals surface area contributed by atoms with E-state index in [2.05, 4.69) is 171 Å². The molecule has 0 aliphatic rings. The van der Waals surface area contributed by atoms with Crippen LogP contribution in [-0.4, -0.2) is 36.3 Å². The van der Waals surface area contributed by atoms with Crippen LogP contribution in [-0.2, 0) is 0 Å². The summed E-state index contributed by atoms with van der Waals surface area (Å²) in [5.74, 6) is 0. The van der Waals surface area contributed by atoms with Gasteiger partial charge in [-0.2, -0.15) is 0 Å². The zero-order chi connectivity index (χ0) is 29.7. The lowest BCUT2D eigenvalue weighted by Gasteiger charge is -2.40. The third kappa shape index (κ3) is 6.85. The Kier molecular flexibility index (Phi) is 11.1. The van der Waals surface area contributed by atoms with Crippen LogP contribution in [0.1, 0.15) is 83.1 Å². The lowest BCUT2D eigenvalue weighted by molar-refractivity contribution is 0.609. The van der Waals surface area contributed by atoms with Crippen LogP contribution >= 0.6 is 7.92 Å². The standard InChI is InChI=1S/C36H54N3P/c1-25(2)37(26(3)4)31-19-13-16-22-34(31)40(35-23-17-14-20-32(35)38(27(5)6)28(7)8)36-24-18-15-21-33(36)39(29(9)10)30(11)12/h13-30H,1-12H3. The first kappa shape index (κ1) is 32.0. The lowest BCUT2D eigenvalue weighted by Crippen LogP contribution is -2.43. The molecule has 0 aromatic heterocycles. The highest BCUT2D eigenvalue weighted by molar-refractivity contribution is 7.80. The van der Waals surface area contributed by atoms with E-state index in [1.165, 1.54) is 33.0 Å². The summed E-state index contributed by atoms with van der Waals surface area (Å²) in [6, 6.07) is 30.0. The average molecular weight is 560 g/mol. The van der Waals surface area contributed by atoms with Crippen LogP contribution in [0.25, 0.3) is 0 Å². The molecular formula is C36H54N3P. The summed E-state index contributed by atoms with van der Waals surface area (Å²) in [4.78, 5) is 7.80. The van der Waals surface area contributed by atoms with Gasteiger partial charge < -0.3 is 14.7 Å². The van der Waals surface area contributed by atoms with Crippen LogP contribution < -0.4 is 30.6 Å². The SMILES string of the molecule is CC(C)N(c1ccccc1P(c1ccccc1N(C(C)C)C(C)C)c1ccccc1N(C(C)C)C(C)C)C(C)C. The Bertz CT molecular complexity index is 1040. The molecule has 0 bridgehead atoms. The minimum Gasteiger partial charge on any atom is -0.366 e. The van der Waals surface area contributed by atoms with Crippen LogP contribution in [0.4, 0.5) is 17.1 Å². The van der Waals surface area contributed by atoms with Crippen molar-refractivity contribution in [2.24, 2.45) is 0 Å². The molecule has 0 unspecified atom stereocenters. The van der Waals surface area contributed by atoms with E-state index in [1.54, 1.807) is 0 Å². The summed E-state index contributed by atoms with van der Waals surface area (Å²) < 4.78 is 0. The van der Waals surface area contributed by atoms with Crippen molar-refractivity contribution in [3.63, 3.8) is 0 Å². The highest BCUT2D eigenvalue weighted by Gasteiger charge is 2.31. The molecule has 0 heterocycles. The number of rotatable bonds is 12. The van der Waals surface area contributed by atoms with Gasteiger partial charge in [0.2, 0.25) is 0 Å². The molecule has 0 N–H and O–H groups in total. The summed E-state index contributed by atoms with van der Waals surface area (Å²) >= 11 is 0. The van der Waals surface area contributed by atoms with E-state index in [0.717, 1.165) is 0 Å². The molecule has 3 aromatic carbocycles. The van der Waals surface area contributed by atoms with E-state index in [1.807, 2.05) is 0 Å². The second kappa shape index (κ2) is 13.9. The number of nitrogens with zero attached hydrogens (tertiary/aromatic N) is 3. The predicted molar refractivity (Wildman–Crippen MR) is 183 cm³/mol. The molecule has 3 rings (SSSR count). The molecule has 0 radical (unpaired) electrons. The van der Waals surface area contributed by atoms with Crippen LogP contribution in [0, 0.1) is 0 Å². The van der Waals surface area contributed by atoms with E-state index in [4.69, 9.17) is 0 Å². The van der Waals surface area contributed by atoms with Gasteiger partial charge in [-0.25, -0.2) is 0 Å². The largest absolute Gasteiger partial charge is 0.366 e. The maximum Gasteiger partial charge on any atom is 0.0455 e. The molecule has 0 amide bonds. The summed E-state index contributed by atoms with van der Waals surface area (Å²) in [5, 5.41) is 4.29. The summed E-state index contributed by atoms with van der Waals surface area (Å²) in [7, 11) is -0.879. The molecule has 0 spiro atoms. The molecule has 0 fully saturated rings. The first-order chi connectivity index (χ1) is 18.9. The summed E-state index contributed by atoms with van der Waals surface area (Å²) in [6.45, 7) is 27.8. The van der Waals surface area contributed by atoms with Crippen molar-refractivity contribution in [2.45, 2.75) is 119 Å². The van der Waals surface area contributed by atoms with Gasteiger partial charge in [-0.05, 0) is 109 Å². The minimum atomic E-state index is -0.879. The topological polar surface area (TPSA) is 9.72 Å². The highest BCUT2D eigenvalue weighted by atomic mass is 31.1. The predicted octanol–water partition coefficient (Wildman–Crippen LogP) is 8.31. The number of anilines is 3. The van der Waals surface area contributed by atoms with Crippen molar-refractivity contribution in [2.75, 3.05) is 14.7 Å². The first-order valence-corrected chi connectivity index (χ1v) is 16.6. The van der Waals surface area contributed by atoms with Gasteiger partial charge in [0, 0.05) is 69.2 Å². The number of hydrogen-bond donors (Lipinski definition) is 0. The van der Waals surface area contributed by atoms with Crippen LogP contribution in [0.15, 0.2) is 72.8 Å². The molecule has 0 saturated carbocycles. The Balaban J connectivity index is 2.48. The smallest absolute Gasteiger partial charge is 0.0455 e. The van der Waals surface area contributed by atoms with Gasteiger partial charge in [0.15, 0.2) is 0 Å². The fraction of sp³-hybridized carbons (Fsp3) is 0.500. The van der Waals surface area contributed by atoms with Gasteiger partial charge in [0.1, 0.15) is 0 Å². The van der Waals surface area contributed by atoms with Crippen molar-refractivity contribution >= 4 is 40.9 Å². The van der Waals surface area contributed by atoms with Crippen molar-refractivity contribution in [1.82, 2.24) is 0 Å². The van der Waals surface area contributed by atoms with Crippen molar-refractivity contribution in [3.8, 4) is 0 Å². The van der Waals surface area contributed by atoms with Crippen LogP contribution in [0.5, 0.6) is 0 Å². The van der Waals surface area contributed by atoms with Gasteiger partial charge in [-0.3, -0.25) is 0 Å². The zero-order valence-corrected chi connectivity index (χ0v) is 28.1. The molecule has 3 nitrogen and oxygen atoms in total. The fourth-order valence-corrected chi connectivity index (χ4v) is 9.20. The van der Waals surface area contributed by atoms with Gasteiger partial charge in [0.05, 0.1) is 0 Å². The third-order valence-corrected chi connectivity index (χ3v) is 10.1. The number of benzene rings is 3. The van der Waals surface area contributed by atoms with E-state index >= 15 is 0 Å². The Morgan fingerprint density at radius 2 is 0.550 bits per heavy atom. The molecule has 0 aliphatic carbocycles. The van der Waals surface area contributed by atoms with Gasteiger partial charge in [-0.15, -0.1) is 0 Å². The maximum absolute atomic E-state index is 2.60. The van der Waals surface area contributed by atoms with Crippen molar-refractivity contribution in [3.05, 3.63) is 72.8 Å². The van der Waals surface area contributed by atoms with Crippen LogP contribution in [0.2, 0.25) is 0 Å². The Labute approximate surface area is 247 Å².